The second kappa shape index (κ2) is 7.39. The quantitative estimate of drug-likeness (QED) is 0.808. The van der Waals surface area contributed by atoms with Gasteiger partial charge in [-0.3, -0.25) is 0 Å². The number of ether oxygens (including phenoxy) is 1. The zero-order chi connectivity index (χ0) is 13.5. The third-order valence-electron chi connectivity index (χ3n) is 2.68. The summed E-state index contributed by atoms with van der Waals surface area (Å²) in [5, 5.41) is 9.24. The van der Waals surface area contributed by atoms with Gasteiger partial charge in [-0.1, -0.05) is 12.1 Å². The SMILES string of the molecule is CC(O)CCN(C)Cc1ccc(OC(C)C)cc1. The Bertz CT molecular complexity index is 333. The zero-order valence-electron chi connectivity index (χ0n) is 11.9. The van der Waals surface area contributed by atoms with Crippen LogP contribution in [0.3, 0.4) is 0 Å². The molecule has 0 radical (unpaired) electrons. The smallest absolute Gasteiger partial charge is 0.119 e. The fraction of sp³-hybridized carbons (Fsp3) is 0.600. The van der Waals surface area contributed by atoms with Gasteiger partial charge in [-0.05, 0) is 51.9 Å². The molecule has 0 saturated heterocycles. The Balaban J connectivity index is 2.42. The van der Waals surface area contributed by atoms with E-state index >= 15 is 0 Å². The minimum absolute atomic E-state index is 0.213. The third kappa shape index (κ3) is 6.03. The van der Waals surface area contributed by atoms with Crippen LogP contribution in [0.2, 0.25) is 0 Å². The van der Waals surface area contributed by atoms with Crippen LogP contribution in [0.15, 0.2) is 24.3 Å². The van der Waals surface area contributed by atoms with Crippen molar-refractivity contribution in [1.29, 1.82) is 0 Å². The average molecular weight is 251 g/mol. The first kappa shape index (κ1) is 15.0. The van der Waals surface area contributed by atoms with Crippen molar-refractivity contribution < 1.29 is 9.84 Å². The summed E-state index contributed by atoms with van der Waals surface area (Å²) >= 11 is 0. The number of aliphatic hydroxyl groups is 1. The Morgan fingerprint density at radius 1 is 1.17 bits per heavy atom. The number of rotatable bonds is 7. The largest absolute Gasteiger partial charge is 0.491 e. The zero-order valence-corrected chi connectivity index (χ0v) is 11.9. The van der Waals surface area contributed by atoms with Crippen LogP contribution in [0, 0.1) is 0 Å². The van der Waals surface area contributed by atoms with Crippen molar-refractivity contribution in [2.24, 2.45) is 0 Å². The van der Waals surface area contributed by atoms with E-state index in [-0.39, 0.29) is 12.2 Å². The van der Waals surface area contributed by atoms with Crippen molar-refractivity contribution in [3.05, 3.63) is 29.8 Å². The van der Waals surface area contributed by atoms with E-state index in [1.165, 1.54) is 5.56 Å². The lowest BCUT2D eigenvalue weighted by Gasteiger charge is -2.18. The number of hydrogen-bond acceptors (Lipinski definition) is 3. The third-order valence-corrected chi connectivity index (χ3v) is 2.68. The lowest BCUT2D eigenvalue weighted by atomic mass is 10.2. The molecule has 0 bridgehead atoms. The number of aliphatic hydroxyl groups excluding tert-OH is 1. The maximum Gasteiger partial charge on any atom is 0.119 e. The molecule has 3 nitrogen and oxygen atoms in total. The highest BCUT2D eigenvalue weighted by atomic mass is 16.5. The lowest BCUT2D eigenvalue weighted by molar-refractivity contribution is 0.163. The molecule has 3 heteroatoms. The molecule has 0 spiro atoms. The Morgan fingerprint density at radius 2 is 1.78 bits per heavy atom. The van der Waals surface area contributed by atoms with Crippen molar-refractivity contribution >= 4 is 0 Å². The summed E-state index contributed by atoms with van der Waals surface area (Å²) in [5.41, 5.74) is 1.26. The molecule has 1 aromatic carbocycles. The summed E-state index contributed by atoms with van der Waals surface area (Å²) < 4.78 is 5.61. The first-order chi connectivity index (χ1) is 8.47. The molecule has 18 heavy (non-hydrogen) atoms. The summed E-state index contributed by atoms with van der Waals surface area (Å²) in [6, 6.07) is 8.21. The standard InChI is InChI=1S/C15H25NO2/c1-12(2)18-15-7-5-14(6-8-15)11-16(4)10-9-13(3)17/h5-8,12-13,17H,9-11H2,1-4H3. The molecule has 1 aromatic rings. The van der Waals surface area contributed by atoms with E-state index in [1.54, 1.807) is 0 Å². The van der Waals surface area contributed by atoms with Gasteiger partial charge < -0.3 is 14.7 Å². The van der Waals surface area contributed by atoms with Gasteiger partial charge in [-0.25, -0.2) is 0 Å². The second-order valence-electron chi connectivity index (χ2n) is 5.19. The highest BCUT2D eigenvalue weighted by Gasteiger charge is 2.03. The summed E-state index contributed by atoms with van der Waals surface area (Å²) in [4.78, 5) is 2.21. The molecule has 0 aliphatic heterocycles. The van der Waals surface area contributed by atoms with Gasteiger partial charge in [0.2, 0.25) is 0 Å². The second-order valence-corrected chi connectivity index (χ2v) is 5.19. The van der Waals surface area contributed by atoms with Gasteiger partial charge in [-0.2, -0.15) is 0 Å². The Labute approximate surface area is 110 Å². The molecule has 0 amide bonds. The van der Waals surface area contributed by atoms with Gasteiger partial charge in [0.1, 0.15) is 5.75 Å². The van der Waals surface area contributed by atoms with E-state index < -0.39 is 0 Å². The van der Waals surface area contributed by atoms with Crippen LogP contribution in [-0.2, 0) is 6.54 Å². The molecule has 0 aromatic heterocycles. The van der Waals surface area contributed by atoms with E-state index in [1.807, 2.05) is 32.9 Å². The van der Waals surface area contributed by atoms with Crippen LogP contribution in [0.25, 0.3) is 0 Å². The fourth-order valence-electron chi connectivity index (χ4n) is 1.74. The van der Waals surface area contributed by atoms with E-state index in [4.69, 9.17) is 4.74 Å². The maximum atomic E-state index is 9.24. The summed E-state index contributed by atoms with van der Waals surface area (Å²) in [6.45, 7) is 7.68. The van der Waals surface area contributed by atoms with Gasteiger partial charge in [0, 0.05) is 13.1 Å². The molecule has 0 aliphatic carbocycles. The van der Waals surface area contributed by atoms with Crippen molar-refractivity contribution in [3.63, 3.8) is 0 Å². The molecule has 1 unspecified atom stereocenters. The van der Waals surface area contributed by atoms with Crippen LogP contribution < -0.4 is 4.74 Å². The molecule has 0 fully saturated rings. The predicted molar refractivity (Wildman–Crippen MR) is 74.8 cm³/mol. The fourth-order valence-corrected chi connectivity index (χ4v) is 1.74. The first-order valence-electron chi connectivity index (χ1n) is 6.59. The van der Waals surface area contributed by atoms with E-state index in [0.717, 1.165) is 25.3 Å². The lowest BCUT2D eigenvalue weighted by Crippen LogP contribution is -2.22. The van der Waals surface area contributed by atoms with Gasteiger partial charge >= 0.3 is 0 Å². The van der Waals surface area contributed by atoms with Gasteiger partial charge in [0.15, 0.2) is 0 Å². The van der Waals surface area contributed by atoms with Crippen molar-refractivity contribution in [2.75, 3.05) is 13.6 Å². The highest BCUT2D eigenvalue weighted by molar-refractivity contribution is 5.27. The average Bonchev–Trinajstić information content (AvgIpc) is 2.28. The molecular formula is C15H25NO2. The molecule has 1 atom stereocenters. The molecule has 1 rings (SSSR count). The van der Waals surface area contributed by atoms with Crippen LogP contribution >= 0.6 is 0 Å². The molecule has 1 N–H and O–H groups in total. The van der Waals surface area contributed by atoms with Gasteiger partial charge in [-0.15, -0.1) is 0 Å². The summed E-state index contributed by atoms with van der Waals surface area (Å²) in [6.07, 6.45) is 0.796. The normalized spacial score (nSPS) is 13.1. The first-order valence-corrected chi connectivity index (χ1v) is 6.59. The maximum absolute atomic E-state index is 9.24. The van der Waals surface area contributed by atoms with Gasteiger partial charge in [0.05, 0.1) is 12.2 Å². The van der Waals surface area contributed by atoms with Crippen molar-refractivity contribution in [1.82, 2.24) is 4.90 Å². The van der Waals surface area contributed by atoms with E-state index in [0.29, 0.717) is 0 Å². The molecule has 0 saturated carbocycles. The molecule has 102 valence electrons. The molecular weight excluding hydrogens is 226 g/mol. The Hall–Kier alpha value is -1.06. The van der Waals surface area contributed by atoms with Gasteiger partial charge in [0.25, 0.3) is 0 Å². The molecule has 0 heterocycles. The van der Waals surface area contributed by atoms with Crippen LogP contribution in [0.4, 0.5) is 0 Å². The highest BCUT2D eigenvalue weighted by Crippen LogP contribution is 2.14. The van der Waals surface area contributed by atoms with Crippen LogP contribution in [0.5, 0.6) is 5.75 Å². The Kier molecular flexibility index (Phi) is 6.16. The Morgan fingerprint density at radius 3 is 2.28 bits per heavy atom. The minimum atomic E-state index is -0.228. The number of hydrogen-bond donors (Lipinski definition) is 1. The number of benzene rings is 1. The van der Waals surface area contributed by atoms with Crippen LogP contribution in [-0.4, -0.2) is 35.8 Å². The minimum Gasteiger partial charge on any atom is -0.491 e. The predicted octanol–water partition coefficient (Wildman–Crippen LogP) is 2.68. The van der Waals surface area contributed by atoms with Crippen molar-refractivity contribution in [3.8, 4) is 5.75 Å². The summed E-state index contributed by atoms with van der Waals surface area (Å²) in [5.74, 6) is 0.917. The van der Waals surface area contributed by atoms with E-state index in [9.17, 15) is 5.11 Å². The summed E-state index contributed by atoms with van der Waals surface area (Å²) in [7, 11) is 2.07. The molecule has 0 aliphatic rings. The van der Waals surface area contributed by atoms with Crippen molar-refractivity contribution in [2.45, 2.75) is 45.9 Å². The van der Waals surface area contributed by atoms with Crippen LogP contribution in [0.1, 0.15) is 32.8 Å². The topological polar surface area (TPSA) is 32.7 Å². The monoisotopic (exact) mass is 251 g/mol. The van der Waals surface area contributed by atoms with E-state index in [2.05, 4.69) is 24.1 Å². The number of nitrogens with zero attached hydrogens (tertiary/aromatic N) is 1.